The van der Waals surface area contributed by atoms with E-state index in [0.717, 1.165) is 5.46 Å². The van der Waals surface area contributed by atoms with Crippen molar-refractivity contribution in [2.75, 3.05) is 0 Å². The van der Waals surface area contributed by atoms with Gasteiger partial charge in [-0.05, 0) is 76.2 Å². The molecule has 2 nitrogen and oxygen atoms in total. The van der Waals surface area contributed by atoms with Crippen molar-refractivity contribution in [3.8, 4) is 0 Å². The highest BCUT2D eigenvalue weighted by Crippen LogP contribution is 2.41. The van der Waals surface area contributed by atoms with E-state index in [1.807, 2.05) is 0 Å². The van der Waals surface area contributed by atoms with Crippen molar-refractivity contribution in [3.63, 3.8) is 0 Å². The molecule has 0 bridgehead atoms. The third-order valence-corrected chi connectivity index (χ3v) is 7.07. The topological polar surface area (TPSA) is 18.5 Å². The van der Waals surface area contributed by atoms with E-state index in [1.165, 1.54) is 43.1 Å². The fourth-order valence-electron chi connectivity index (χ4n) is 4.84. The highest BCUT2D eigenvalue weighted by Gasteiger charge is 2.52. The van der Waals surface area contributed by atoms with Gasteiger partial charge in [0.15, 0.2) is 0 Å². The molecular formula is C26H23BO2. The summed E-state index contributed by atoms with van der Waals surface area (Å²) in [5, 5.41) is 10.3. The van der Waals surface area contributed by atoms with Gasteiger partial charge >= 0.3 is 7.12 Å². The number of hydrogen-bond donors (Lipinski definition) is 0. The van der Waals surface area contributed by atoms with Crippen molar-refractivity contribution >= 4 is 55.7 Å². The monoisotopic (exact) mass is 378 g/mol. The molecular weight excluding hydrogens is 355 g/mol. The Kier molecular flexibility index (Phi) is 3.27. The van der Waals surface area contributed by atoms with Gasteiger partial charge in [-0.1, -0.05) is 66.7 Å². The van der Waals surface area contributed by atoms with Crippen LogP contribution in [0.2, 0.25) is 0 Å². The summed E-state index contributed by atoms with van der Waals surface area (Å²) in [6, 6.07) is 24.2. The predicted molar refractivity (Wildman–Crippen MR) is 123 cm³/mol. The summed E-state index contributed by atoms with van der Waals surface area (Å²) in [5.74, 6) is 0. The van der Waals surface area contributed by atoms with Crippen LogP contribution in [0.5, 0.6) is 0 Å². The lowest BCUT2D eigenvalue weighted by Gasteiger charge is -2.32. The molecule has 3 heteroatoms. The van der Waals surface area contributed by atoms with Gasteiger partial charge in [0, 0.05) is 0 Å². The number of fused-ring (bicyclic) bond motifs is 2. The van der Waals surface area contributed by atoms with Gasteiger partial charge in [0.25, 0.3) is 0 Å². The fraction of sp³-hybridized carbons (Fsp3) is 0.231. The normalized spacial score (nSPS) is 18.6. The van der Waals surface area contributed by atoms with E-state index in [1.54, 1.807) is 0 Å². The smallest absolute Gasteiger partial charge is 0.399 e. The molecule has 142 valence electrons. The van der Waals surface area contributed by atoms with Crippen LogP contribution in [0, 0.1) is 0 Å². The Balaban J connectivity index is 1.72. The van der Waals surface area contributed by atoms with Crippen LogP contribution in [0.15, 0.2) is 66.7 Å². The Morgan fingerprint density at radius 2 is 1.03 bits per heavy atom. The summed E-state index contributed by atoms with van der Waals surface area (Å²) in [6.45, 7) is 8.42. The Labute approximate surface area is 170 Å². The lowest BCUT2D eigenvalue weighted by Crippen LogP contribution is -2.41. The molecule has 0 aliphatic carbocycles. The van der Waals surface area contributed by atoms with Gasteiger partial charge in [-0.2, -0.15) is 0 Å². The molecule has 0 atom stereocenters. The second kappa shape index (κ2) is 5.50. The predicted octanol–water partition coefficient (Wildman–Crippen LogP) is 6.04. The molecule has 5 aromatic carbocycles. The Morgan fingerprint density at radius 1 is 0.552 bits per heavy atom. The highest BCUT2D eigenvalue weighted by atomic mass is 16.7. The average Bonchev–Trinajstić information content (AvgIpc) is 2.92. The van der Waals surface area contributed by atoms with Gasteiger partial charge in [-0.25, -0.2) is 0 Å². The molecule has 29 heavy (non-hydrogen) atoms. The molecule has 0 aromatic heterocycles. The van der Waals surface area contributed by atoms with Crippen LogP contribution in [0.4, 0.5) is 0 Å². The summed E-state index contributed by atoms with van der Waals surface area (Å²) in [6.07, 6.45) is 0. The number of rotatable bonds is 1. The van der Waals surface area contributed by atoms with Crippen molar-refractivity contribution in [2.24, 2.45) is 0 Å². The third kappa shape index (κ3) is 2.20. The van der Waals surface area contributed by atoms with E-state index in [-0.39, 0.29) is 18.3 Å². The third-order valence-electron chi connectivity index (χ3n) is 7.07. The first-order chi connectivity index (χ1) is 13.9. The minimum atomic E-state index is -0.364. The van der Waals surface area contributed by atoms with Crippen LogP contribution < -0.4 is 5.46 Å². The molecule has 5 aromatic rings. The first kappa shape index (κ1) is 17.3. The maximum Gasteiger partial charge on any atom is 0.495 e. The van der Waals surface area contributed by atoms with Crippen LogP contribution in [0.25, 0.3) is 43.1 Å². The van der Waals surface area contributed by atoms with Crippen LogP contribution in [-0.4, -0.2) is 18.3 Å². The standard InChI is InChI=1S/C26H23BO2/c1-25(2)26(3,4)29-27(28-25)22-15-14-20-18-11-6-9-16-8-5-10-17(23(16)18)19-12-7-13-21(22)24(19)20/h5-15H,1-4H3. The quantitative estimate of drug-likeness (QED) is 0.201. The minimum Gasteiger partial charge on any atom is -0.399 e. The fourth-order valence-corrected chi connectivity index (χ4v) is 4.84. The zero-order valence-electron chi connectivity index (χ0n) is 17.2. The Morgan fingerprint density at radius 3 is 1.66 bits per heavy atom. The van der Waals surface area contributed by atoms with Gasteiger partial charge in [-0.15, -0.1) is 0 Å². The minimum absolute atomic E-state index is 0.352. The van der Waals surface area contributed by atoms with Crippen molar-refractivity contribution in [2.45, 2.75) is 38.9 Å². The van der Waals surface area contributed by atoms with Crippen molar-refractivity contribution in [1.82, 2.24) is 0 Å². The summed E-state index contributed by atoms with van der Waals surface area (Å²) in [4.78, 5) is 0. The molecule has 1 aliphatic heterocycles. The van der Waals surface area contributed by atoms with Crippen molar-refractivity contribution in [3.05, 3.63) is 66.7 Å². The van der Waals surface area contributed by atoms with Gasteiger partial charge < -0.3 is 9.31 Å². The number of benzene rings is 5. The summed E-state index contributed by atoms with van der Waals surface area (Å²) in [7, 11) is -0.364. The van der Waals surface area contributed by atoms with E-state index >= 15 is 0 Å². The zero-order valence-corrected chi connectivity index (χ0v) is 17.2. The van der Waals surface area contributed by atoms with Crippen LogP contribution in [-0.2, 0) is 9.31 Å². The van der Waals surface area contributed by atoms with E-state index in [9.17, 15) is 0 Å². The van der Waals surface area contributed by atoms with Gasteiger partial charge in [0.1, 0.15) is 0 Å². The second-order valence-corrected chi connectivity index (χ2v) is 9.23. The van der Waals surface area contributed by atoms with E-state index in [2.05, 4.69) is 94.4 Å². The molecule has 1 aliphatic rings. The molecule has 0 amide bonds. The lowest BCUT2D eigenvalue weighted by atomic mass is 9.74. The first-order valence-corrected chi connectivity index (χ1v) is 10.3. The van der Waals surface area contributed by atoms with E-state index in [4.69, 9.17) is 9.31 Å². The van der Waals surface area contributed by atoms with Crippen LogP contribution in [0.3, 0.4) is 0 Å². The van der Waals surface area contributed by atoms with Gasteiger partial charge in [0.2, 0.25) is 0 Å². The zero-order chi connectivity index (χ0) is 20.0. The molecule has 6 rings (SSSR count). The first-order valence-electron chi connectivity index (χ1n) is 10.3. The largest absolute Gasteiger partial charge is 0.495 e. The summed E-state index contributed by atoms with van der Waals surface area (Å²) in [5.41, 5.74) is 0.404. The molecule has 0 saturated carbocycles. The van der Waals surface area contributed by atoms with Crippen LogP contribution in [0.1, 0.15) is 27.7 Å². The van der Waals surface area contributed by atoms with Crippen molar-refractivity contribution in [1.29, 1.82) is 0 Å². The van der Waals surface area contributed by atoms with Crippen molar-refractivity contribution < 1.29 is 9.31 Å². The maximum atomic E-state index is 6.39. The molecule has 1 heterocycles. The Bertz CT molecular complexity index is 1350. The second-order valence-electron chi connectivity index (χ2n) is 9.23. The summed E-state index contributed by atoms with van der Waals surface area (Å²) >= 11 is 0. The average molecular weight is 378 g/mol. The molecule has 0 spiro atoms. The Hall–Kier alpha value is -2.62. The lowest BCUT2D eigenvalue weighted by molar-refractivity contribution is 0.00578. The van der Waals surface area contributed by atoms with E-state index in [0.29, 0.717) is 0 Å². The highest BCUT2D eigenvalue weighted by molar-refractivity contribution is 6.65. The molecule has 0 radical (unpaired) electrons. The van der Waals surface area contributed by atoms with Crippen LogP contribution >= 0.6 is 0 Å². The van der Waals surface area contributed by atoms with E-state index < -0.39 is 0 Å². The molecule has 0 N–H and O–H groups in total. The SMILES string of the molecule is CC1(C)OB(c2ccc3c4cccc5cccc(c6cccc2c63)c54)OC1(C)C. The van der Waals surface area contributed by atoms with Gasteiger partial charge in [-0.3, -0.25) is 0 Å². The van der Waals surface area contributed by atoms with Gasteiger partial charge in [0.05, 0.1) is 11.2 Å². The number of hydrogen-bond acceptors (Lipinski definition) is 2. The molecule has 1 saturated heterocycles. The molecule has 0 unspecified atom stereocenters. The summed E-state index contributed by atoms with van der Waals surface area (Å²) < 4.78 is 12.8. The maximum absolute atomic E-state index is 6.39. The molecule has 1 fully saturated rings.